The second kappa shape index (κ2) is 4.63. The van der Waals surface area contributed by atoms with E-state index in [0.29, 0.717) is 5.82 Å². The lowest BCUT2D eigenvalue weighted by Gasteiger charge is -2.08. The van der Waals surface area contributed by atoms with Crippen molar-refractivity contribution in [1.29, 1.82) is 0 Å². The van der Waals surface area contributed by atoms with Gasteiger partial charge in [0, 0.05) is 12.2 Å². The number of fused-ring (bicyclic) bond motifs is 1. The molecule has 0 aliphatic carbocycles. The van der Waals surface area contributed by atoms with E-state index in [4.69, 9.17) is 5.73 Å². The van der Waals surface area contributed by atoms with Crippen LogP contribution in [-0.2, 0) is 6.54 Å². The van der Waals surface area contributed by atoms with Crippen molar-refractivity contribution in [1.82, 2.24) is 14.5 Å². The lowest BCUT2D eigenvalue weighted by Crippen LogP contribution is -2.03. The zero-order valence-corrected chi connectivity index (χ0v) is 12.0. The Morgan fingerprint density at radius 3 is 2.45 bits per heavy atom. The number of hydrogen-bond donors (Lipinski definition) is 1. The van der Waals surface area contributed by atoms with Crippen LogP contribution in [0.15, 0.2) is 30.6 Å². The third kappa shape index (κ3) is 1.93. The van der Waals surface area contributed by atoms with Crippen molar-refractivity contribution in [2.45, 2.75) is 27.3 Å². The van der Waals surface area contributed by atoms with E-state index >= 15 is 0 Å². The lowest BCUT2D eigenvalue weighted by atomic mass is 10.1. The molecule has 4 nitrogen and oxygen atoms in total. The highest BCUT2D eigenvalue weighted by molar-refractivity contribution is 5.90. The molecule has 20 heavy (non-hydrogen) atoms. The Morgan fingerprint density at radius 1 is 1.05 bits per heavy atom. The number of nitrogen functional groups attached to an aromatic ring is 1. The fourth-order valence-corrected chi connectivity index (χ4v) is 2.57. The van der Waals surface area contributed by atoms with Gasteiger partial charge in [-0.1, -0.05) is 29.8 Å². The van der Waals surface area contributed by atoms with Gasteiger partial charge in [-0.2, -0.15) is 0 Å². The van der Waals surface area contributed by atoms with E-state index in [1.165, 1.54) is 23.1 Å². The van der Waals surface area contributed by atoms with E-state index < -0.39 is 0 Å². The van der Waals surface area contributed by atoms with E-state index in [-0.39, 0.29) is 0 Å². The van der Waals surface area contributed by atoms with Crippen LogP contribution in [0.1, 0.15) is 22.4 Å². The van der Waals surface area contributed by atoms with E-state index in [9.17, 15) is 0 Å². The largest absolute Gasteiger partial charge is 0.383 e. The molecule has 2 heterocycles. The highest BCUT2D eigenvalue weighted by Gasteiger charge is 2.15. The van der Waals surface area contributed by atoms with Crippen LogP contribution in [0.3, 0.4) is 0 Å². The number of rotatable bonds is 2. The molecule has 3 aromatic rings. The third-order valence-corrected chi connectivity index (χ3v) is 3.90. The summed E-state index contributed by atoms with van der Waals surface area (Å²) < 4.78 is 2.20. The van der Waals surface area contributed by atoms with Gasteiger partial charge >= 0.3 is 0 Å². The molecule has 0 saturated carbocycles. The molecule has 0 radical (unpaired) electrons. The Labute approximate surface area is 118 Å². The summed E-state index contributed by atoms with van der Waals surface area (Å²) in [6.45, 7) is 7.07. The quantitative estimate of drug-likeness (QED) is 0.775. The van der Waals surface area contributed by atoms with E-state index in [2.05, 4.69) is 59.6 Å². The Kier molecular flexibility index (Phi) is 2.93. The molecule has 3 rings (SSSR count). The number of hydrogen-bond acceptors (Lipinski definition) is 3. The molecule has 0 atom stereocenters. The van der Waals surface area contributed by atoms with Crippen LogP contribution in [0.4, 0.5) is 5.82 Å². The summed E-state index contributed by atoms with van der Waals surface area (Å²) in [5.74, 6) is 0.554. The molecule has 0 fully saturated rings. The van der Waals surface area contributed by atoms with Gasteiger partial charge in [-0.15, -0.1) is 0 Å². The predicted octanol–water partition coefficient (Wildman–Crippen LogP) is 2.99. The van der Waals surface area contributed by atoms with Crippen molar-refractivity contribution < 1.29 is 0 Å². The van der Waals surface area contributed by atoms with Crippen molar-refractivity contribution in [3.63, 3.8) is 0 Å². The molecule has 0 aliphatic rings. The van der Waals surface area contributed by atoms with Gasteiger partial charge in [-0.05, 0) is 31.9 Å². The van der Waals surface area contributed by atoms with Gasteiger partial charge in [0.2, 0.25) is 0 Å². The molecule has 4 heteroatoms. The molecule has 0 spiro atoms. The molecule has 0 aliphatic heterocycles. The number of nitrogens with zero attached hydrogens (tertiary/aromatic N) is 3. The van der Waals surface area contributed by atoms with Gasteiger partial charge < -0.3 is 10.3 Å². The number of benzene rings is 1. The zero-order chi connectivity index (χ0) is 14.3. The highest BCUT2D eigenvalue weighted by Crippen LogP contribution is 2.27. The zero-order valence-electron chi connectivity index (χ0n) is 12.0. The molecule has 102 valence electrons. The summed E-state index contributed by atoms with van der Waals surface area (Å²) in [5.41, 5.74) is 11.8. The lowest BCUT2D eigenvalue weighted by molar-refractivity contribution is 0.789. The van der Waals surface area contributed by atoms with Gasteiger partial charge in [0.1, 0.15) is 17.8 Å². The summed E-state index contributed by atoms with van der Waals surface area (Å²) in [5, 5.41) is 0.970. The van der Waals surface area contributed by atoms with Gasteiger partial charge in [0.05, 0.1) is 5.39 Å². The summed E-state index contributed by atoms with van der Waals surface area (Å²) in [4.78, 5) is 8.50. The maximum absolute atomic E-state index is 5.99. The first-order valence-electron chi connectivity index (χ1n) is 6.69. The van der Waals surface area contributed by atoms with Crippen LogP contribution < -0.4 is 5.73 Å². The minimum Gasteiger partial charge on any atom is -0.383 e. The average Bonchev–Trinajstić information content (AvgIpc) is 2.67. The van der Waals surface area contributed by atoms with Crippen LogP contribution in [-0.4, -0.2) is 14.5 Å². The fraction of sp³-hybridized carbons (Fsp3) is 0.250. The molecule has 0 bridgehead atoms. The normalized spacial score (nSPS) is 11.2. The molecule has 1 aromatic carbocycles. The summed E-state index contributed by atoms with van der Waals surface area (Å²) >= 11 is 0. The average molecular weight is 266 g/mol. The smallest absolute Gasteiger partial charge is 0.146 e. The van der Waals surface area contributed by atoms with Crippen molar-refractivity contribution in [2.75, 3.05) is 5.73 Å². The van der Waals surface area contributed by atoms with Gasteiger partial charge in [0.15, 0.2) is 0 Å². The first-order valence-corrected chi connectivity index (χ1v) is 6.69. The van der Waals surface area contributed by atoms with Crippen LogP contribution in [0.2, 0.25) is 0 Å². The second-order valence-electron chi connectivity index (χ2n) is 5.24. The molecule has 0 saturated heterocycles. The van der Waals surface area contributed by atoms with Gasteiger partial charge in [0.25, 0.3) is 0 Å². The Balaban J connectivity index is 2.14. The Hall–Kier alpha value is -2.36. The van der Waals surface area contributed by atoms with Crippen molar-refractivity contribution in [2.24, 2.45) is 0 Å². The van der Waals surface area contributed by atoms with Crippen molar-refractivity contribution >= 4 is 16.9 Å². The maximum Gasteiger partial charge on any atom is 0.146 e. The molecule has 2 N–H and O–H groups in total. The van der Waals surface area contributed by atoms with Crippen molar-refractivity contribution in [3.05, 3.63) is 53.0 Å². The van der Waals surface area contributed by atoms with E-state index in [1.54, 1.807) is 0 Å². The standard InChI is InChI=1S/C16H18N4/c1-10-4-6-13(7-5-10)8-20-12(3)11(2)14-15(17)18-9-19-16(14)20/h4-7,9H,8H2,1-3H3,(H2,17,18,19). The number of anilines is 1. The molecule has 0 amide bonds. The van der Waals surface area contributed by atoms with Crippen molar-refractivity contribution in [3.8, 4) is 0 Å². The minimum atomic E-state index is 0.554. The van der Waals surface area contributed by atoms with E-state index in [1.807, 2.05) is 0 Å². The van der Waals surface area contributed by atoms with Gasteiger partial charge in [-0.25, -0.2) is 9.97 Å². The predicted molar refractivity (Wildman–Crippen MR) is 81.7 cm³/mol. The van der Waals surface area contributed by atoms with Gasteiger partial charge in [-0.3, -0.25) is 0 Å². The van der Waals surface area contributed by atoms with Crippen LogP contribution in [0.5, 0.6) is 0 Å². The highest BCUT2D eigenvalue weighted by atomic mass is 15.1. The Bertz CT molecular complexity index is 769. The minimum absolute atomic E-state index is 0.554. The molecule has 0 unspecified atom stereocenters. The monoisotopic (exact) mass is 266 g/mol. The second-order valence-corrected chi connectivity index (χ2v) is 5.24. The molecule has 2 aromatic heterocycles. The Morgan fingerprint density at radius 2 is 1.75 bits per heavy atom. The number of aryl methyl sites for hydroxylation is 2. The van der Waals surface area contributed by atoms with Crippen LogP contribution in [0, 0.1) is 20.8 Å². The first-order chi connectivity index (χ1) is 9.58. The summed E-state index contributed by atoms with van der Waals surface area (Å²) in [7, 11) is 0. The molecular weight excluding hydrogens is 248 g/mol. The molecular formula is C16H18N4. The summed E-state index contributed by atoms with van der Waals surface area (Å²) in [6.07, 6.45) is 1.53. The SMILES string of the molecule is Cc1ccc(Cn2c(C)c(C)c3c(N)ncnc32)cc1. The fourth-order valence-electron chi connectivity index (χ4n) is 2.57. The third-order valence-electron chi connectivity index (χ3n) is 3.90. The maximum atomic E-state index is 5.99. The van der Waals surface area contributed by atoms with Crippen LogP contribution >= 0.6 is 0 Å². The number of nitrogens with two attached hydrogens (primary N) is 1. The number of aromatic nitrogens is 3. The summed E-state index contributed by atoms with van der Waals surface area (Å²) in [6, 6.07) is 8.57. The van der Waals surface area contributed by atoms with E-state index in [0.717, 1.165) is 23.1 Å². The first kappa shape index (κ1) is 12.7. The topological polar surface area (TPSA) is 56.7 Å². The van der Waals surface area contributed by atoms with Crippen LogP contribution in [0.25, 0.3) is 11.0 Å².